The molecule has 1 aromatic heterocycles. The first-order chi connectivity index (χ1) is 7.86. The molecule has 0 radical (unpaired) electrons. The zero-order chi connectivity index (χ0) is 11.4. The molecule has 0 amide bonds. The predicted molar refractivity (Wildman–Crippen MR) is 63.0 cm³/mol. The van der Waals surface area contributed by atoms with Crippen molar-refractivity contribution in [2.45, 2.75) is 25.3 Å². The molecule has 1 aliphatic heterocycles. The fraction of sp³-hybridized carbons (Fsp3) is 0.500. The maximum atomic E-state index is 9.06. The van der Waals surface area contributed by atoms with Crippen molar-refractivity contribution in [3.63, 3.8) is 0 Å². The Bertz CT molecular complexity index is 396. The number of anilines is 1. The highest BCUT2D eigenvalue weighted by molar-refractivity contribution is 5.54. The highest BCUT2D eigenvalue weighted by Gasteiger charge is 2.23. The first-order valence-corrected chi connectivity index (χ1v) is 5.68. The van der Waals surface area contributed by atoms with E-state index in [-0.39, 0.29) is 0 Å². The van der Waals surface area contributed by atoms with E-state index in [2.05, 4.69) is 16.0 Å². The van der Waals surface area contributed by atoms with E-state index in [0.717, 1.165) is 25.2 Å². The van der Waals surface area contributed by atoms with Gasteiger partial charge in [0.05, 0.1) is 5.56 Å². The van der Waals surface area contributed by atoms with Crippen molar-refractivity contribution in [1.29, 1.82) is 5.26 Å². The molecule has 1 atom stereocenters. The van der Waals surface area contributed by atoms with Crippen LogP contribution in [0.2, 0.25) is 0 Å². The number of nitrogens with zero attached hydrogens (tertiary/aromatic N) is 3. The summed E-state index contributed by atoms with van der Waals surface area (Å²) >= 11 is 0. The summed E-state index contributed by atoms with van der Waals surface area (Å²) < 4.78 is 0. The molecule has 0 aromatic carbocycles. The minimum Gasteiger partial charge on any atom is -0.351 e. The third kappa shape index (κ3) is 2.00. The number of piperidine rings is 1. The van der Waals surface area contributed by atoms with Gasteiger partial charge in [-0.1, -0.05) is 0 Å². The van der Waals surface area contributed by atoms with Gasteiger partial charge in [-0.05, 0) is 31.4 Å². The molecule has 0 aliphatic carbocycles. The zero-order valence-corrected chi connectivity index (χ0v) is 9.26. The van der Waals surface area contributed by atoms with Crippen molar-refractivity contribution in [3.05, 3.63) is 23.9 Å². The number of pyridine rings is 1. The van der Waals surface area contributed by atoms with Crippen LogP contribution in [0.25, 0.3) is 0 Å². The van der Waals surface area contributed by atoms with Gasteiger partial charge >= 0.3 is 0 Å². The van der Waals surface area contributed by atoms with Crippen LogP contribution in [-0.4, -0.2) is 24.1 Å². The Labute approximate surface area is 95.7 Å². The highest BCUT2D eigenvalue weighted by Crippen LogP contribution is 2.24. The van der Waals surface area contributed by atoms with Crippen molar-refractivity contribution in [2.75, 3.05) is 18.0 Å². The minimum absolute atomic E-state index is 0.329. The molecule has 4 heteroatoms. The summed E-state index contributed by atoms with van der Waals surface area (Å²) in [7, 11) is 0. The second-order valence-corrected chi connectivity index (χ2v) is 4.07. The number of rotatable bonds is 2. The van der Waals surface area contributed by atoms with Crippen molar-refractivity contribution in [2.24, 2.45) is 5.73 Å². The van der Waals surface area contributed by atoms with Crippen LogP contribution in [0.1, 0.15) is 24.8 Å². The lowest BCUT2D eigenvalue weighted by atomic mass is 10.0. The summed E-state index contributed by atoms with van der Waals surface area (Å²) in [6.45, 7) is 1.58. The van der Waals surface area contributed by atoms with E-state index in [4.69, 9.17) is 11.0 Å². The van der Waals surface area contributed by atoms with E-state index >= 15 is 0 Å². The maximum absolute atomic E-state index is 9.06. The van der Waals surface area contributed by atoms with Gasteiger partial charge in [-0.15, -0.1) is 0 Å². The van der Waals surface area contributed by atoms with E-state index in [1.54, 1.807) is 12.3 Å². The smallest absolute Gasteiger partial charge is 0.146 e. The van der Waals surface area contributed by atoms with Gasteiger partial charge in [-0.2, -0.15) is 5.26 Å². The molecule has 2 rings (SSSR count). The first kappa shape index (κ1) is 10.9. The molecule has 0 saturated carbocycles. The van der Waals surface area contributed by atoms with Gasteiger partial charge in [-0.25, -0.2) is 4.98 Å². The van der Waals surface area contributed by atoms with Crippen molar-refractivity contribution in [3.8, 4) is 6.07 Å². The molecule has 0 bridgehead atoms. The topological polar surface area (TPSA) is 65.9 Å². The lowest BCUT2D eigenvalue weighted by molar-refractivity contribution is 0.462. The fourth-order valence-corrected chi connectivity index (χ4v) is 2.24. The van der Waals surface area contributed by atoms with Crippen LogP contribution < -0.4 is 10.6 Å². The number of nitrogens with two attached hydrogens (primary N) is 1. The molecular formula is C12H16N4. The molecule has 16 heavy (non-hydrogen) atoms. The molecule has 0 spiro atoms. The van der Waals surface area contributed by atoms with E-state index < -0.39 is 0 Å². The molecular weight excluding hydrogens is 200 g/mol. The lowest BCUT2D eigenvalue weighted by Crippen LogP contribution is -2.44. The Morgan fingerprint density at radius 1 is 1.56 bits per heavy atom. The van der Waals surface area contributed by atoms with Crippen LogP contribution in [0.3, 0.4) is 0 Å². The molecule has 1 fully saturated rings. The molecule has 4 nitrogen and oxygen atoms in total. The average molecular weight is 216 g/mol. The molecule has 1 aliphatic rings. The second kappa shape index (κ2) is 4.95. The Balaban J connectivity index is 2.31. The standard InChI is InChI=1S/C12H16N4/c13-8-10-4-3-6-15-12(10)16-7-2-1-5-11(16)9-14/h3-4,6,11H,1-2,5,7,9,14H2. The Morgan fingerprint density at radius 2 is 2.44 bits per heavy atom. The van der Waals surface area contributed by atoms with Gasteiger partial charge in [0.2, 0.25) is 0 Å². The summed E-state index contributed by atoms with van der Waals surface area (Å²) in [5.41, 5.74) is 6.41. The number of hydrogen-bond donors (Lipinski definition) is 1. The van der Waals surface area contributed by atoms with E-state index in [0.29, 0.717) is 18.2 Å². The van der Waals surface area contributed by atoms with Crippen molar-refractivity contribution < 1.29 is 0 Å². The van der Waals surface area contributed by atoms with Crippen LogP contribution >= 0.6 is 0 Å². The van der Waals surface area contributed by atoms with Gasteiger partial charge < -0.3 is 10.6 Å². The van der Waals surface area contributed by atoms with Gasteiger partial charge in [0.15, 0.2) is 0 Å². The number of hydrogen-bond acceptors (Lipinski definition) is 4. The van der Waals surface area contributed by atoms with Crippen molar-refractivity contribution in [1.82, 2.24) is 4.98 Å². The van der Waals surface area contributed by atoms with Crippen LogP contribution in [0, 0.1) is 11.3 Å². The molecule has 1 saturated heterocycles. The third-order valence-corrected chi connectivity index (χ3v) is 3.08. The van der Waals surface area contributed by atoms with Crippen LogP contribution in [-0.2, 0) is 0 Å². The SMILES string of the molecule is N#Cc1cccnc1N1CCCCC1CN. The van der Waals surface area contributed by atoms with Gasteiger partial charge in [-0.3, -0.25) is 0 Å². The Morgan fingerprint density at radius 3 is 3.19 bits per heavy atom. The number of aromatic nitrogens is 1. The monoisotopic (exact) mass is 216 g/mol. The minimum atomic E-state index is 0.329. The molecule has 2 N–H and O–H groups in total. The largest absolute Gasteiger partial charge is 0.351 e. The van der Waals surface area contributed by atoms with Gasteiger partial charge in [0, 0.05) is 25.3 Å². The summed E-state index contributed by atoms with van der Waals surface area (Å²) in [6, 6.07) is 6.13. The first-order valence-electron chi connectivity index (χ1n) is 5.68. The quantitative estimate of drug-likeness (QED) is 0.808. The Kier molecular flexibility index (Phi) is 3.37. The third-order valence-electron chi connectivity index (χ3n) is 3.08. The molecule has 84 valence electrons. The van der Waals surface area contributed by atoms with Crippen molar-refractivity contribution >= 4 is 5.82 Å². The van der Waals surface area contributed by atoms with E-state index in [1.165, 1.54) is 6.42 Å². The predicted octanol–water partition coefficient (Wildman–Crippen LogP) is 1.27. The zero-order valence-electron chi connectivity index (χ0n) is 9.26. The summed E-state index contributed by atoms with van der Waals surface area (Å²) in [5.74, 6) is 0.792. The van der Waals surface area contributed by atoms with E-state index in [1.807, 2.05) is 6.07 Å². The summed E-state index contributed by atoms with van der Waals surface area (Å²) in [6.07, 6.45) is 5.20. The van der Waals surface area contributed by atoms with Crippen LogP contribution in [0.15, 0.2) is 18.3 Å². The molecule has 1 unspecified atom stereocenters. The van der Waals surface area contributed by atoms with Crippen LogP contribution in [0.4, 0.5) is 5.82 Å². The highest BCUT2D eigenvalue weighted by atomic mass is 15.2. The lowest BCUT2D eigenvalue weighted by Gasteiger charge is -2.36. The van der Waals surface area contributed by atoms with Crippen LogP contribution in [0.5, 0.6) is 0 Å². The normalized spacial score (nSPS) is 20.5. The van der Waals surface area contributed by atoms with Gasteiger partial charge in [0.25, 0.3) is 0 Å². The summed E-state index contributed by atoms with van der Waals surface area (Å²) in [4.78, 5) is 6.50. The van der Waals surface area contributed by atoms with Gasteiger partial charge in [0.1, 0.15) is 11.9 Å². The molecule has 2 heterocycles. The maximum Gasteiger partial charge on any atom is 0.146 e. The fourth-order valence-electron chi connectivity index (χ4n) is 2.24. The molecule has 1 aromatic rings. The average Bonchev–Trinajstić information content (AvgIpc) is 2.38. The summed E-state index contributed by atoms with van der Waals surface area (Å²) in [5, 5.41) is 9.06. The Hall–Kier alpha value is -1.60. The number of nitriles is 1. The van der Waals surface area contributed by atoms with E-state index in [9.17, 15) is 0 Å². The second-order valence-electron chi connectivity index (χ2n) is 4.07.